The number of pyridine rings is 1. The SMILES string of the molecule is CCNC(=NCc1ccnc(N2CCCC2)c1)NCC(C)Oc1ccccc1F. The molecule has 2 heterocycles. The van der Waals surface area contributed by atoms with E-state index in [0.717, 1.165) is 31.0 Å². The Morgan fingerprint density at radius 3 is 2.79 bits per heavy atom. The Hall–Kier alpha value is -2.83. The topological polar surface area (TPSA) is 61.8 Å². The number of guanidine groups is 1. The Balaban J connectivity index is 1.55. The summed E-state index contributed by atoms with van der Waals surface area (Å²) >= 11 is 0. The van der Waals surface area contributed by atoms with E-state index in [9.17, 15) is 4.39 Å². The quantitative estimate of drug-likeness (QED) is 0.527. The van der Waals surface area contributed by atoms with E-state index in [1.807, 2.05) is 26.1 Å². The van der Waals surface area contributed by atoms with Gasteiger partial charge in [-0.15, -0.1) is 0 Å². The van der Waals surface area contributed by atoms with Crippen molar-refractivity contribution in [2.24, 2.45) is 4.99 Å². The molecular weight excluding hydrogens is 369 g/mol. The molecule has 0 saturated carbocycles. The second-order valence-corrected chi connectivity index (χ2v) is 7.15. The third kappa shape index (κ3) is 6.34. The van der Waals surface area contributed by atoms with Gasteiger partial charge in [-0.05, 0) is 56.5 Å². The van der Waals surface area contributed by atoms with Gasteiger partial charge in [0.1, 0.15) is 11.9 Å². The molecule has 6 nitrogen and oxygen atoms in total. The maximum atomic E-state index is 13.7. The van der Waals surface area contributed by atoms with Gasteiger partial charge in [-0.1, -0.05) is 12.1 Å². The van der Waals surface area contributed by atoms with Crippen LogP contribution in [0.2, 0.25) is 0 Å². The van der Waals surface area contributed by atoms with Crippen molar-refractivity contribution in [2.45, 2.75) is 39.3 Å². The second-order valence-electron chi connectivity index (χ2n) is 7.15. The highest BCUT2D eigenvalue weighted by Gasteiger charge is 2.13. The lowest BCUT2D eigenvalue weighted by Crippen LogP contribution is -2.41. The highest BCUT2D eigenvalue weighted by molar-refractivity contribution is 5.79. The highest BCUT2D eigenvalue weighted by Crippen LogP contribution is 2.19. The van der Waals surface area contributed by atoms with Crippen molar-refractivity contribution in [3.05, 3.63) is 54.0 Å². The average Bonchev–Trinajstić information content (AvgIpc) is 3.27. The number of para-hydroxylation sites is 1. The summed E-state index contributed by atoms with van der Waals surface area (Å²) in [5, 5.41) is 6.50. The first-order valence-electron chi connectivity index (χ1n) is 10.3. The van der Waals surface area contributed by atoms with Crippen LogP contribution in [0.5, 0.6) is 5.75 Å². The van der Waals surface area contributed by atoms with Crippen LogP contribution in [0.3, 0.4) is 0 Å². The maximum Gasteiger partial charge on any atom is 0.191 e. The number of nitrogens with one attached hydrogen (secondary N) is 2. The molecule has 0 radical (unpaired) electrons. The van der Waals surface area contributed by atoms with Crippen LogP contribution < -0.4 is 20.3 Å². The van der Waals surface area contributed by atoms with Crippen molar-refractivity contribution < 1.29 is 9.13 Å². The minimum atomic E-state index is -0.355. The smallest absolute Gasteiger partial charge is 0.191 e. The van der Waals surface area contributed by atoms with Gasteiger partial charge in [-0.25, -0.2) is 14.4 Å². The van der Waals surface area contributed by atoms with Crippen molar-refractivity contribution >= 4 is 11.8 Å². The Labute approximate surface area is 172 Å². The minimum Gasteiger partial charge on any atom is -0.486 e. The Kier molecular flexibility index (Phi) is 7.67. The van der Waals surface area contributed by atoms with E-state index in [0.29, 0.717) is 19.0 Å². The van der Waals surface area contributed by atoms with E-state index in [2.05, 4.69) is 31.6 Å². The molecule has 1 unspecified atom stereocenters. The zero-order valence-corrected chi connectivity index (χ0v) is 17.2. The van der Waals surface area contributed by atoms with Crippen molar-refractivity contribution in [1.82, 2.24) is 15.6 Å². The molecule has 3 rings (SSSR count). The zero-order valence-electron chi connectivity index (χ0n) is 17.2. The molecular formula is C22H30FN5O. The molecule has 0 bridgehead atoms. The van der Waals surface area contributed by atoms with Crippen LogP contribution >= 0.6 is 0 Å². The summed E-state index contributed by atoms with van der Waals surface area (Å²) in [6.07, 6.45) is 4.10. The first-order valence-corrected chi connectivity index (χ1v) is 10.3. The first kappa shape index (κ1) is 20.9. The summed E-state index contributed by atoms with van der Waals surface area (Å²) in [4.78, 5) is 11.5. The third-order valence-electron chi connectivity index (χ3n) is 4.73. The summed E-state index contributed by atoms with van der Waals surface area (Å²) in [6.45, 7) is 7.89. The van der Waals surface area contributed by atoms with E-state index < -0.39 is 0 Å². The summed E-state index contributed by atoms with van der Waals surface area (Å²) in [7, 11) is 0. The van der Waals surface area contributed by atoms with Crippen LogP contribution in [0.15, 0.2) is 47.6 Å². The number of aliphatic imine (C=N–C) groups is 1. The van der Waals surface area contributed by atoms with Gasteiger partial charge in [0.05, 0.1) is 13.1 Å². The summed E-state index contributed by atoms with van der Waals surface area (Å²) in [5.74, 6) is 1.64. The molecule has 29 heavy (non-hydrogen) atoms. The molecule has 1 aromatic carbocycles. The Bertz CT molecular complexity index is 807. The van der Waals surface area contributed by atoms with Crippen LogP contribution in [0.1, 0.15) is 32.3 Å². The number of halogens is 1. The molecule has 1 aliphatic heterocycles. The molecule has 0 amide bonds. The minimum absolute atomic E-state index is 0.210. The molecule has 0 aliphatic carbocycles. The van der Waals surface area contributed by atoms with E-state index in [-0.39, 0.29) is 17.7 Å². The van der Waals surface area contributed by atoms with Gasteiger partial charge in [0.2, 0.25) is 0 Å². The monoisotopic (exact) mass is 399 g/mol. The van der Waals surface area contributed by atoms with Crippen LogP contribution in [0.25, 0.3) is 0 Å². The van der Waals surface area contributed by atoms with E-state index in [1.165, 1.54) is 18.9 Å². The lowest BCUT2D eigenvalue weighted by Gasteiger charge is -2.18. The van der Waals surface area contributed by atoms with Gasteiger partial charge in [0, 0.05) is 25.8 Å². The Morgan fingerprint density at radius 1 is 1.24 bits per heavy atom. The number of nitrogens with zero attached hydrogens (tertiary/aromatic N) is 3. The summed E-state index contributed by atoms with van der Waals surface area (Å²) in [5.41, 5.74) is 1.12. The van der Waals surface area contributed by atoms with Crippen LogP contribution in [-0.4, -0.2) is 43.2 Å². The summed E-state index contributed by atoms with van der Waals surface area (Å²) < 4.78 is 19.4. The molecule has 1 fully saturated rings. The van der Waals surface area contributed by atoms with Crippen molar-refractivity contribution in [3.8, 4) is 5.75 Å². The predicted molar refractivity (Wildman–Crippen MR) is 115 cm³/mol. The van der Waals surface area contributed by atoms with Gasteiger partial charge in [-0.3, -0.25) is 0 Å². The number of aromatic nitrogens is 1. The van der Waals surface area contributed by atoms with Gasteiger partial charge in [-0.2, -0.15) is 0 Å². The Morgan fingerprint density at radius 2 is 2.03 bits per heavy atom. The van der Waals surface area contributed by atoms with E-state index in [4.69, 9.17) is 4.74 Å². The average molecular weight is 400 g/mol. The number of hydrogen-bond acceptors (Lipinski definition) is 4. The van der Waals surface area contributed by atoms with Gasteiger partial charge >= 0.3 is 0 Å². The van der Waals surface area contributed by atoms with Crippen molar-refractivity contribution in [2.75, 3.05) is 31.1 Å². The number of anilines is 1. The lowest BCUT2D eigenvalue weighted by molar-refractivity contribution is 0.214. The number of benzene rings is 1. The van der Waals surface area contributed by atoms with Crippen LogP contribution in [0.4, 0.5) is 10.2 Å². The number of rotatable bonds is 8. The van der Waals surface area contributed by atoms with Gasteiger partial charge in [0.15, 0.2) is 17.5 Å². The fourth-order valence-electron chi connectivity index (χ4n) is 3.23. The van der Waals surface area contributed by atoms with Gasteiger partial charge in [0.25, 0.3) is 0 Å². The van der Waals surface area contributed by atoms with Gasteiger partial charge < -0.3 is 20.3 Å². The van der Waals surface area contributed by atoms with Crippen molar-refractivity contribution in [3.63, 3.8) is 0 Å². The largest absolute Gasteiger partial charge is 0.486 e. The van der Waals surface area contributed by atoms with Crippen LogP contribution in [0, 0.1) is 5.82 Å². The van der Waals surface area contributed by atoms with E-state index in [1.54, 1.807) is 18.2 Å². The molecule has 2 N–H and O–H groups in total. The van der Waals surface area contributed by atoms with E-state index >= 15 is 0 Å². The molecule has 2 aromatic rings. The zero-order chi connectivity index (χ0) is 20.5. The lowest BCUT2D eigenvalue weighted by atomic mass is 10.2. The molecule has 7 heteroatoms. The predicted octanol–water partition coefficient (Wildman–Crippen LogP) is 3.34. The molecule has 1 atom stereocenters. The maximum absolute atomic E-state index is 13.7. The molecule has 0 spiro atoms. The normalized spacial score (nSPS) is 15.3. The third-order valence-corrected chi connectivity index (χ3v) is 4.73. The number of hydrogen-bond donors (Lipinski definition) is 2. The molecule has 1 aromatic heterocycles. The molecule has 1 aliphatic rings. The highest BCUT2D eigenvalue weighted by atomic mass is 19.1. The fraction of sp³-hybridized carbons (Fsp3) is 0.455. The first-order chi connectivity index (χ1) is 14.2. The fourth-order valence-corrected chi connectivity index (χ4v) is 3.23. The summed E-state index contributed by atoms with van der Waals surface area (Å²) in [6, 6.07) is 10.5. The second kappa shape index (κ2) is 10.6. The van der Waals surface area contributed by atoms with Crippen molar-refractivity contribution in [1.29, 1.82) is 0 Å². The number of ether oxygens (including phenoxy) is 1. The molecule has 156 valence electrons. The molecule has 1 saturated heterocycles. The standard InChI is InChI=1S/C22H30FN5O/c1-3-24-22(26-15-17(2)29-20-9-5-4-8-19(20)23)27-16-18-10-11-25-21(14-18)28-12-6-7-13-28/h4-5,8-11,14,17H,3,6-7,12-13,15-16H2,1-2H3,(H2,24,26,27). The van der Waals surface area contributed by atoms with Crippen LogP contribution in [-0.2, 0) is 6.54 Å².